The van der Waals surface area contributed by atoms with Gasteiger partial charge in [0.2, 0.25) is 5.91 Å². The number of H-pyrrole nitrogens is 1. The van der Waals surface area contributed by atoms with Crippen molar-refractivity contribution in [1.82, 2.24) is 15.3 Å². The Kier molecular flexibility index (Phi) is 6.52. The molecule has 2 saturated carbocycles. The summed E-state index contributed by atoms with van der Waals surface area (Å²) in [5.74, 6) is 1.48. The quantitative estimate of drug-likeness (QED) is 0.449. The third kappa shape index (κ3) is 4.93. The number of aromatic nitrogens is 2. The average Bonchev–Trinajstić information content (AvgIpc) is 3.64. The molecule has 178 valence electrons. The molecular formula is C27H33N5O2. The highest BCUT2D eigenvalue weighted by atomic mass is 16.2. The van der Waals surface area contributed by atoms with E-state index in [1.54, 1.807) is 11.1 Å². The fraction of sp³-hybridized carbons (Fsp3) is 0.444. The van der Waals surface area contributed by atoms with Gasteiger partial charge in [-0.25, -0.2) is 0 Å². The number of rotatable bonds is 8. The SMILES string of the molecule is CN(C(=O)C1CCCCC1)c1ccc2c(C(=O)NCC3CC3)c(NCc3ccccn3)[nH]c2c1. The van der Waals surface area contributed by atoms with Crippen molar-refractivity contribution in [3.63, 3.8) is 0 Å². The molecule has 0 bridgehead atoms. The molecule has 0 atom stereocenters. The summed E-state index contributed by atoms with van der Waals surface area (Å²) in [7, 11) is 1.85. The van der Waals surface area contributed by atoms with E-state index in [0.717, 1.165) is 48.0 Å². The summed E-state index contributed by atoms with van der Waals surface area (Å²) >= 11 is 0. The van der Waals surface area contributed by atoms with Crippen LogP contribution in [-0.2, 0) is 11.3 Å². The molecule has 2 aliphatic rings. The van der Waals surface area contributed by atoms with Crippen molar-refractivity contribution < 1.29 is 9.59 Å². The molecule has 0 aliphatic heterocycles. The van der Waals surface area contributed by atoms with Gasteiger partial charge in [-0.15, -0.1) is 0 Å². The number of hydrogen-bond donors (Lipinski definition) is 3. The molecule has 0 spiro atoms. The Morgan fingerprint density at radius 1 is 1.09 bits per heavy atom. The molecule has 1 aromatic carbocycles. The van der Waals surface area contributed by atoms with Crippen LogP contribution in [0.25, 0.3) is 10.9 Å². The zero-order valence-corrected chi connectivity index (χ0v) is 19.8. The van der Waals surface area contributed by atoms with E-state index in [9.17, 15) is 9.59 Å². The molecular weight excluding hydrogens is 426 g/mol. The fourth-order valence-electron chi connectivity index (χ4n) is 4.84. The topological polar surface area (TPSA) is 90.1 Å². The largest absolute Gasteiger partial charge is 0.365 e. The van der Waals surface area contributed by atoms with Crippen molar-refractivity contribution >= 4 is 34.2 Å². The van der Waals surface area contributed by atoms with Crippen molar-refractivity contribution in [3.05, 3.63) is 53.9 Å². The van der Waals surface area contributed by atoms with Gasteiger partial charge in [0.25, 0.3) is 5.91 Å². The van der Waals surface area contributed by atoms with Crippen molar-refractivity contribution in [2.24, 2.45) is 11.8 Å². The number of anilines is 2. The first kappa shape index (κ1) is 22.4. The monoisotopic (exact) mass is 459 g/mol. The lowest BCUT2D eigenvalue weighted by Gasteiger charge is -2.26. The number of fused-ring (bicyclic) bond motifs is 1. The first-order chi connectivity index (χ1) is 16.6. The summed E-state index contributed by atoms with van der Waals surface area (Å²) in [6.07, 6.45) is 9.56. The number of pyridine rings is 1. The van der Waals surface area contributed by atoms with Crippen LogP contribution in [0.15, 0.2) is 42.6 Å². The molecule has 2 aromatic heterocycles. The Balaban J connectivity index is 1.42. The van der Waals surface area contributed by atoms with Crippen LogP contribution in [0.5, 0.6) is 0 Å². The molecule has 5 rings (SSSR count). The van der Waals surface area contributed by atoms with Crippen LogP contribution in [0.4, 0.5) is 11.5 Å². The Labute approximate surface area is 200 Å². The Morgan fingerprint density at radius 2 is 1.91 bits per heavy atom. The summed E-state index contributed by atoms with van der Waals surface area (Å²) in [4.78, 5) is 35.8. The minimum Gasteiger partial charge on any atom is -0.365 e. The highest BCUT2D eigenvalue weighted by Crippen LogP contribution is 2.33. The Bertz CT molecular complexity index is 1160. The molecule has 2 fully saturated rings. The number of aromatic amines is 1. The van der Waals surface area contributed by atoms with Gasteiger partial charge in [0.1, 0.15) is 5.82 Å². The van der Waals surface area contributed by atoms with Gasteiger partial charge in [-0.3, -0.25) is 14.6 Å². The third-order valence-corrected chi connectivity index (χ3v) is 7.10. The minimum atomic E-state index is -0.0824. The van der Waals surface area contributed by atoms with Crippen LogP contribution in [0.2, 0.25) is 0 Å². The minimum absolute atomic E-state index is 0.0824. The molecule has 2 amide bonds. The van der Waals surface area contributed by atoms with E-state index < -0.39 is 0 Å². The van der Waals surface area contributed by atoms with Gasteiger partial charge < -0.3 is 20.5 Å². The number of carbonyl (C=O) groups excluding carboxylic acids is 2. The highest BCUT2D eigenvalue weighted by molar-refractivity contribution is 6.12. The molecule has 0 radical (unpaired) electrons. The average molecular weight is 460 g/mol. The van der Waals surface area contributed by atoms with Crippen LogP contribution in [0, 0.1) is 11.8 Å². The van der Waals surface area contributed by atoms with Crippen molar-refractivity contribution in [3.8, 4) is 0 Å². The predicted octanol–water partition coefficient (Wildman–Crippen LogP) is 4.86. The third-order valence-electron chi connectivity index (χ3n) is 7.10. The number of hydrogen-bond acceptors (Lipinski definition) is 4. The molecule has 3 N–H and O–H groups in total. The van der Waals surface area contributed by atoms with Crippen LogP contribution in [0.3, 0.4) is 0 Å². The van der Waals surface area contributed by atoms with Crippen molar-refractivity contribution in [2.75, 3.05) is 23.8 Å². The standard InChI is InChI=1S/C27H33N5O2/c1-32(27(34)19-7-3-2-4-8-19)21-12-13-22-23(15-21)31-25(29-17-20-9-5-6-14-28-20)24(22)26(33)30-16-18-10-11-18/h5-6,9,12-15,18-19,29,31H,2-4,7-8,10-11,16-17H2,1H3,(H,30,33). The van der Waals surface area contributed by atoms with Crippen molar-refractivity contribution in [2.45, 2.75) is 51.5 Å². The van der Waals surface area contributed by atoms with E-state index in [1.165, 1.54) is 19.3 Å². The van der Waals surface area contributed by atoms with Crippen LogP contribution in [-0.4, -0.2) is 35.4 Å². The maximum Gasteiger partial charge on any atom is 0.255 e. The van der Waals surface area contributed by atoms with E-state index in [2.05, 4.69) is 20.6 Å². The molecule has 7 nitrogen and oxygen atoms in total. The highest BCUT2D eigenvalue weighted by Gasteiger charge is 2.27. The summed E-state index contributed by atoms with van der Waals surface area (Å²) in [6.45, 7) is 1.21. The zero-order chi connectivity index (χ0) is 23.5. The molecule has 0 saturated heterocycles. The normalized spacial score (nSPS) is 16.4. The lowest BCUT2D eigenvalue weighted by atomic mass is 9.88. The number of nitrogens with one attached hydrogen (secondary N) is 3. The second kappa shape index (κ2) is 9.87. The van der Waals surface area contributed by atoms with Crippen molar-refractivity contribution in [1.29, 1.82) is 0 Å². The maximum atomic E-state index is 13.2. The molecule has 7 heteroatoms. The van der Waals surface area contributed by atoms with Gasteiger partial charge in [0, 0.05) is 42.3 Å². The van der Waals surface area contributed by atoms with E-state index in [1.807, 2.05) is 43.4 Å². The van der Waals surface area contributed by atoms with Gasteiger partial charge in [-0.05, 0) is 61.9 Å². The first-order valence-corrected chi connectivity index (χ1v) is 12.5. The second-order valence-electron chi connectivity index (χ2n) is 9.67. The number of nitrogens with zero attached hydrogens (tertiary/aromatic N) is 2. The van der Waals surface area contributed by atoms with E-state index in [-0.39, 0.29) is 17.7 Å². The predicted molar refractivity (Wildman–Crippen MR) is 135 cm³/mol. The molecule has 3 aromatic rings. The first-order valence-electron chi connectivity index (χ1n) is 12.5. The van der Waals surface area contributed by atoms with Crippen LogP contribution >= 0.6 is 0 Å². The van der Waals surface area contributed by atoms with Crippen LogP contribution < -0.4 is 15.5 Å². The van der Waals surface area contributed by atoms with Gasteiger partial charge in [-0.2, -0.15) is 0 Å². The van der Waals surface area contributed by atoms with Crippen LogP contribution in [0.1, 0.15) is 61.0 Å². The van der Waals surface area contributed by atoms with E-state index in [4.69, 9.17) is 0 Å². The van der Waals surface area contributed by atoms with Gasteiger partial charge >= 0.3 is 0 Å². The smallest absolute Gasteiger partial charge is 0.255 e. The molecule has 0 unspecified atom stereocenters. The van der Waals surface area contributed by atoms with Gasteiger partial charge in [0.15, 0.2) is 0 Å². The second-order valence-corrected chi connectivity index (χ2v) is 9.67. The Hall–Kier alpha value is -3.35. The summed E-state index contributed by atoms with van der Waals surface area (Å²) < 4.78 is 0. The summed E-state index contributed by atoms with van der Waals surface area (Å²) in [5.41, 5.74) is 3.18. The lowest BCUT2D eigenvalue weighted by molar-refractivity contribution is -0.123. The zero-order valence-electron chi connectivity index (χ0n) is 19.8. The van der Waals surface area contributed by atoms with E-state index >= 15 is 0 Å². The summed E-state index contributed by atoms with van der Waals surface area (Å²) in [6, 6.07) is 11.6. The number of amides is 2. The van der Waals surface area contributed by atoms with Gasteiger partial charge in [-0.1, -0.05) is 25.3 Å². The van der Waals surface area contributed by atoms with E-state index in [0.29, 0.717) is 30.4 Å². The van der Waals surface area contributed by atoms with Gasteiger partial charge in [0.05, 0.1) is 17.8 Å². The Morgan fingerprint density at radius 3 is 2.65 bits per heavy atom. The number of carbonyl (C=O) groups is 2. The molecule has 2 heterocycles. The molecule has 2 aliphatic carbocycles. The lowest BCUT2D eigenvalue weighted by Crippen LogP contribution is -2.33. The maximum absolute atomic E-state index is 13.2. The fourth-order valence-corrected chi connectivity index (χ4v) is 4.84. The number of benzene rings is 1. The molecule has 34 heavy (non-hydrogen) atoms. The summed E-state index contributed by atoms with van der Waals surface area (Å²) in [5, 5.41) is 7.31.